The van der Waals surface area contributed by atoms with E-state index in [0.717, 1.165) is 6.08 Å². The average Bonchev–Trinajstić information content (AvgIpc) is 2.31. The van der Waals surface area contributed by atoms with E-state index in [9.17, 15) is 19.2 Å². The van der Waals surface area contributed by atoms with Crippen molar-refractivity contribution in [2.75, 3.05) is 0 Å². The van der Waals surface area contributed by atoms with Gasteiger partial charge in [-0.2, -0.15) is 5.26 Å². The second-order valence-corrected chi connectivity index (χ2v) is 4.53. The maximum absolute atomic E-state index is 10.9. The van der Waals surface area contributed by atoms with Crippen LogP contribution in [0.3, 0.4) is 0 Å². The van der Waals surface area contributed by atoms with Crippen LogP contribution in [-0.4, -0.2) is 44.5 Å². The lowest BCUT2D eigenvalue weighted by molar-refractivity contribution is -0.230. The molecule has 0 aliphatic carbocycles. The van der Waals surface area contributed by atoms with Crippen LogP contribution in [0.2, 0.25) is 0 Å². The summed E-state index contributed by atoms with van der Waals surface area (Å²) >= 11 is 0. The van der Waals surface area contributed by atoms with Crippen LogP contribution < -0.4 is 0 Å². The highest BCUT2D eigenvalue weighted by Crippen LogP contribution is 2.25. The average molecular weight is 304 g/mol. The number of hydrogen-bond donors (Lipinski definition) is 4. The van der Waals surface area contributed by atoms with Crippen molar-refractivity contribution in [1.29, 1.82) is 0 Å². The predicted octanol–water partition coefficient (Wildman–Crippen LogP) is 0.771. The summed E-state index contributed by atoms with van der Waals surface area (Å²) in [6.45, 7) is 4.91. The number of aliphatic carboxylic acids is 3. The molecule has 0 amide bonds. The highest BCUT2D eigenvalue weighted by molar-refractivity contribution is 5.96. The maximum Gasteiger partial charge on any atom is 0.369 e. The second kappa shape index (κ2) is 9.26. The quantitative estimate of drug-likeness (QED) is 0.334. The van der Waals surface area contributed by atoms with Crippen LogP contribution in [-0.2, 0) is 24.1 Å². The van der Waals surface area contributed by atoms with Gasteiger partial charge in [0.2, 0.25) is 0 Å². The molecule has 9 heteroatoms. The number of carbonyl (C=O) groups excluding carboxylic acids is 1. The lowest BCUT2D eigenvalue weighted by Crippen LogP contribution is -2.20. The van der Waals surface area contributed by atoms with Crippen LogP contribution in [0.15, 0.2) is 23.8 Å². The zero-order valence-electron chi connectivity index (χ0n) is 11.6. The Morgan fingerprint density at radius 1 is 0.857 bits per heavy atom. The minimum absolute atomic E-state index is 0.0949. The first-order valence-corrected chi connectivity index (χ1v) is 5.36. The molecule has 0 heterocycles. The normalized spacial score (nSPS) is 11.3. The molecule has 9 nitrogen and oxygen atoms in total. The first kappa shape index (κ1) is 20.6. The van der Waals surface area contributed by atoms with Gasteiger partial charge in [-0.1, -0.05) is 20.8 Å². The van der Waals surface area contributed by atoms with Gasteiger partial charge in [-0.15, -0.1) is 0 Å². The van der Waals surface area contributed by atoms with Crippen molar-refractivity contribution >= 4 is 23.9 Å². The molecule has 4 N–H and O–H groups in total. The van der Waals surface area contributed by atoms with Gasteiger partial charge in [-0.05, 0) is 5.41 Å². The van der Waals surface area contributed by atoms with E-state index in [1.807, 2.05) is 0 Å². The molecule has 0 aliphatic rings. The standard InChI is InChI=1S/C8H12O5.C4H4O4/c1-8(2,3)5(4-6(9)10)7(11)13-12;5-3(6)1-2-4(7)8/h4,12H,1-3H3,(H,9,10);1-2H,(H,5,6)(H,7,8)/b5-4+;. The first-order valence-electron chi connectivity index (χ1n) is 5.36. The van der Waals surface area contributed by atoms with Crippen LogP contribution in [0.5, 0.6) is 0 Å². The molecule has 21 heavy (non-hydrogen) atoms. The fourth-order valence-corrected chi connectivity index (χ4v) is 0.897. The van der Waals surface area contributed by atoms with Gasteiger partial charge in [0.05, 0.1) is 5.57 Å². The third-order valence-electron chi connectivity index (χ3n) is 1.75. The molecule has 0 aromatic heterocycles. The Balaban J connectivity index is 0. The third kappa shape index (κ3) is 12.1. The van der Waals surface area contributed by atoms with Gasteiger partial charge in [-0.25, -0.2) is 19.2 Å². The van der Waals surface area contributed by atoms with E-state index in [0.29, 0.717) is 12.2 Å². The van der Waals surface area contributed by atoms with E-state index in [1.54, 1.807) is 20.8 Å². The Bertz CT molecular complexity index is 450. The van der Waals surface area contributed by atoms with Crippen LogP contribution in [0.25, 0.3) is 0 Å². The molecule has 0 rings (SSSR count). The summed E-state index contributed by atoms with van der Waals surface area (Å²) in [5, 5.41) is 32.1. The van der Waals surface area contributed by atoms with Crippen LogP contribution in [0, 0.1) is 5.41 Å². The number of carboxylic acid groups (broad SMARTS) is 3. The first-order chi connectivity index (χ1) is 9.41. The van der Waals surface area contributed by atoms with Crippen molar-refractivity contribution in [2.45, 2.75) is 20.8 Å². The SMILES string of the molecule is CC(C)(C)/C(=C/C(=O)O)C(=O)OO.O=C(O)C=CC(=O)O. The molecule has 118 valence electrons. The Morgan fingerprint density at radius 2 is 1.24 bits per heavy atom. The van der Waals surface area contributed by atoms with Gasteiger partial charge >= 0.3 is 23.9 Å². The maximum atomic E-state index is 10.9. The zero-order valence-corrected chi connectivity index (χ0v) is 11.6. The largest absolute Gasteiger partial charge is 0.478 e. The van der Waals surface area contributed by atoms with Crippen molar-refractivity contribution in [1.82, 2.24) is 0 Å². The van der Waals surface area contributed by atoms with E-state index < -0.39 is 29.3 Å². The van der Waals surface area contributed by atoms with E-state index >= 15 is 0 Å². The second-order valence-electron chi connectivity index (χ2n) is 4.53. The molecule has 0 unspecified atom stereocenters. The van der Waals surface area contributed by atoms with Gasteiger partial charge in [0.1, 0.15) is 0 Å². The van der Waals surface area contributed by atoms with E-state index in [4.69, 9.17) is 20.6 Å². The van der Waals surface area contributed by atoms with Gasteiger partial charge in [0.15, 0.2) is 0 Å². The third-order valence-corrected chi connectivity index (χ3v) is 1.75. The molecule has 0 saturated heterocycles. The lowest BCUT2D eigenvalue weighted by atomic mass is 9.86. The smallest absolute Gasteiger partial charge is 0.369 e. The van der Waals surface area contributed by atoms with Crippen molar-refractivity contribution in [2.24, 2.45) is 5.41 Å². The summed E-state index contributed by atoms with van der Waals surface area (Å²) in [6, 6.07) is 0. The molecule has 0 radical (unpaired) electrons. The number of carbonyl (C=O) groups is 4. The van der Waals surface area contributed by atoms with Gasteiger partial charge in [0, 0.05) is 18.2 Å². The van der Waals surface area contributed by atoms with Crippen LogP contribution >= 0.6 is 0 Å². The van der Waals surface area contributed by atoms with Gasteiger partial charge in [-0.3, -0.25) is 4.89 Å². The van der Waals surface area contributed by atoms with Crippen LogP contribution in [0.4, 0.5) is 0 Å². The van der Waals surface area contributed by atoms with E-state index in [2.05, 4.69) is 4.89 Å². The summed E-state index contributed by atoms with van der Waals surface area (Å²) in [6.07, 6.45) is 1.84. The van der Waals surface area contributed by atoms with Crippen molar-refractivity contribution in [3.05, 3.63) is 23.8 Å². The van der Waals surface area contributed by atoms with Gasteiger partial charge < -0.3 is 15.3 Å². The van der Waals surface area contributed by atoms with Crippen molar-refractivity contribution < 1.29 is 44.6 Å². The Hall–Kier alpha value is -2.68. The molecule has 0 spiro atoms. The number of rotatable bonds is 4. The summed E-state index contributed by atoms with van der Waals surface area (Å²) in [4.78, 5) is 43.8. The topological polar surface area (TPSA) is 158 Å². The number of hydrogen-bond acceptors (Lipinski definition) is 6. The summed E-state index contributed by atoms with van der Waals surface area (Å²) < 4.78 is 0. The molecule has 0 aliphatic heterocycles. The summed E-state index contributed by atoms with van der Waals surface area (Å²) in [5.74, 6) is -4.81. The monoisotopic (exact) mass is 304 g/mol. The molecule has 0 bridgehead atoms. The highest BCUT2D eigenvalue weighted by atomic mass is 17.1. The predicted molar refractivity (Wildman–Crippen MR) is 68.3 cm³/mol. The molecule has 0 aromatic rings. The lowest BCUT2D eigenvalue weighted by Gasteiger charge is -2.18. The number of carboxylic acids is 3. The molecule has 0 aromatic carbocycles. The molecule has 0 fully saturated rings. The Morgan fingerprint density at radius 3 is 1.43 bits per heavy atom. The summed E-state index contributed by atoms with van der Waals surface area (Å²) in [5.41, 5.74) is -0.777. The van der Waals surface area contributed by atoms with Crippen molar-refractivity contribution in [3.63, 3.8) is 0 Å². The molecular weight excluding hydrogens is 288 g/mol. The molecule has 0 atom stereocenters. The van der Waals surface area contributed by atoms with E-state index in [1.165, 1.54) is 0 Å². The fraction of sp³-hybridized carbons (Fsp3) is 0.333. The Kier molecular flexibility index (Phi) is 9.10. The van der Waals surface area contributed by atoms with Crippen LogP contribution in [0.1, 0.15) is 20.8 Å². The van der Waals surface area contributed by atoms with Gasteiger partial charge in [0.25, 0.3) is 0 Å². The van der Waals surface area contributed by atoms with E-state index in [-0.39, 0.29) is 5.57 Å². The Labute approximate surface area is 119 Å². The highest BCUT2D eigenvalue weighted by Gasteiger charge is 2.26. The minimum atomic E-state index is -1.26. The van der Waals surface area contributed by atoms with Crippen molar-refractivity contribution in [3.8, 4) is 0 Å². The zero-order chi connectivity index (χ0) is 17.2. The molecule has 0 saturated carbocycles. The summed E-state index contributed by atoms with van der Waals surface area (Å²) in [7, 11) is 0. The molecular formula is C12H16O9. The fourth-order valence-electron chi connectivity index (χ4n) is 0.897. The minimum Gasteiger partial charge on any atom is -0.478 e.